The van der Waals surface area contributed by atoms with Gasteiger partial charge in [-0.1, -0.05) is 0 Å². The molecular formula is C18H21N3O3. The van der Waals surface area contributed by atoms with Crippen molar-refractivity contribution >= 4 is 11.6 Å². The average molecular weight is 327 g/mol. The van der Waals surface area contributed by atoms with E-state index in [0.29, 0.717) is 18.9 Å². The fraction of sp³-hybridized carbons (Fsp3) is 0.444. The SMILES string of the molecule is O=C(C[C@@H]1CO[C@H]2CN(Cc3ccco3)C[C@@H]12)Nc1cccnc1. The molecule has 4 rings (SSSR count). The lowest BCUT2D eigenvalue weighted by atomic mass is 9.90. The van der Waals surface area contributed by atoms with Crippen LogP contribution in [0.2, 0.25) is 0 Å². The molecular weight excluding hydrogens is 306 g/mol. The van der Waals surface area contributed by atoms with Gasteiger partial charge >= 0.3 is 0 Å². The summed E-state index contributed by atoms with van der Waals surface area (Å²) in [4.78, 5) is 18.6. The molecule has 0 unspecified atom stereocenters. The number of hydrogen-bond donors (Lipinski definition) is 1. The van der Waals surface area contributed by atoms with E-state index < -0.39 is 0 Å². The summed E-state index contributed by atoms with van der Waals surface area (Å²) in [6, 6.07) is 7.56. The van der Waals surface area contributed by atoms with Gasteiger partial charge in [-0.05, 0) is 30.2 Å². The van der Waals surface area contributed by atoms with Crippen molar-refractivity contribution in [2.45, 2.75) is 19.1 Å². The van der Waals surface area contributed by atoms with E-state index in [1.165, 1.54) is 0 Å². The highest BCUT2D eigenvalue weighted by Gasteiger charge is 2.44. The maximum absolute atomic E-state index is 12.3. The van der Waals surface area contributed by atoms with E-state index in [0.717, 1.165) is 31.1 Å². The van der Waals surface area contributed by atoms with Crippen LogP contribution < -0.4 is 5.32 Å². The summed E-state index contributed by atoms with van der Waals surface area (Å²) in [6.45, 7) is 3.34. The molecule has 0 radical (unpaired) electrons. The summed E-state index contributed by atoms with van der Waals surface area (Å²) in [5.41, 5.74) is 0.740. The summed E-state index contributed by atoms with van der Waals surface area (Å²) in [6.07, 6.45) is 5.78. The molecule has 6 nitrogen and oxygen atoms in total. The second-order valence-corrected chi connectivity index (χ2v) is 6.56. The number of nitrogens with zero attached hydrogens (tertiary/aromatic N) is 2. The average Bonchev–Trinajstić information content (AvgIpc) is 3.28. The molecule has 3 atom stereocenters. The van der Waals surface area contributed by atoms with Gasteiger partial charge in [-0.25, -0.2) is 0 Å². The van der Waals surface area contributed by atoms with Gasteiger partial charge < -0.3 is 14.5 Å². The molecule has 2 aliphatic rings. The lowest BCUT2D eigenvalue weighted by Crippen LogP contribution is -2.26. The van der Waals surface area contributed by atoms with Gasteiger partial charge in [0.05, 0.1) is 37.4 Å². The van der Waals surface area contributed by atoms with Gasteiger partial charge in [-0.15, -0.1) is 0 Å². The lowest BCUT2D eigenvalue weighted by Gasteiger charge is -2.18. The number of carbonyl (C=O) groups excluding carboxylic acids is 1. The number of pyridine rings is 1. The summed E-state index contributed by atoms with van der Waals surface area (Å²) in [7, 11) is 0. The van der Waals surface area contributed by atoms with Gasteiger partial charge in [0.25, 0.3) is 0 Å². The third-order valence-electron chi connectivity index (χ3n) is 4.87. The Kier molecular flexibility index (Phi) is 4.32. The lowest BCUT2D eigenvalue weighted by molar-refractivity contribution is -0.117. The second kappa shape index (κ2) is 6.75. The molecule has 1 amide bonds. The molecule has 6 heteroatoms. The predicted octanol–water partition coefficient (Wildman–Crippen LogP) is 2.15. The number of anilines is 1. The Bertz CT molecular complexity index is 674. The minimum atomic E-state index is 0.0294. The summed E-state index contributed by atoms with van der Waals surface area (Å²) >= 11 is 0. The van der Waals surface area contributed by atoms with Crippen molar-refractivity contribution in [3.63, 3.8) is 0 Å². The number of hydrogen-bond acceptors (Lipinski definition) is 5. The zero-order valence-electron chi connectivity index (χ0n) is 13.4. The van der Waals surface area contributed by atoms with E-state index in [2.05, 4.69) is 15.2 Å². The zero-order valence-corrected chi connectivity index (χ0v) is 13.4. The van der Waals surface area contributed by atoms with Gasteiger partial charge in [0.2, 0.25) is 5.91 Å². The molecule has 2 fully saturated rings. The predicted molar refractivity (Wildman–Crippen MR) is 88.2 cm³/mol. The van der Waals surface area contributed by atoms with Crippen molar-refractivity contribution in [2.75, 3.05) is 25.0 Å². The third-order valence-corrected chi connectivity index (χ3v) is 4.87. The molecule has 0 saturated carbocycles. The molecule has 2 saturated heterocycles. The van der Waals surface area contributed by atoms with Crippen LogP contribution in [0, 0.1) is 11.8 Å². The summed E-state index contributed by atoms with van der Waals surface area (Å²) < 4.78 is 11.3. The highest BCUT2D eigenvalue weighted by molar-refractivity contribution is 5.90. The maximum atomic E-state index is 12.3. The van der Waals surface area contributed by atoms with Crippen molar-refractivity contribution in [1.82, 2.24) is 9.88 Å². The molecule has 0 spiro atoms. The van der Waals surface area contributed by atoms with Gasteiger partial charge in [0.1, 0.15) is 5.76 Å². The smallest absolute Gasteiger partial charge is 0.224 e. The van der Waals surface area contributed by atoms with E-state index in [4.69, 9.17) is 9.15 Å². The zero-order chi connectivity index (χ0) is 16.4. The highest BCUT2D eigenvalue weighted by Crippen LogP contribution is 2.36. The number of nitrogens with one attached hydrogen (secondary N) is 1. The van der Waals surface area contributed by atoms with E-state index in [1.807, 2.05) is 24.3 Å². The molecule has 1 N–H and O–H groups in total. The van der Waals surface area contributed by atoms with Crippen LogP contribution in [-0.4, -0.2) is 41.6 Å². The standard InChI is InChI=1S/C18H21N3O3/c22-18(20-14-3-1-5-19-8-14)7-13-12-24-17-11-21(10-16(13)17)9-15-4-2-6-23-15/h1-6,8,13,16-17H,7,9-12H2,(H,20,22)/t13-,16+,17+/m1/s1. The first-order valence-corrected chi connectivity index (χ1v) is 8.34. The highest BCUT2D eigenvalue weighted by atomic mass is 16.5. The quantitative estimate of drug-likeness (QED) is 0.911. The van der Waals surface area contributed by atoms with Crippen LogP contribution in [0.3, 0.4) is 0 Å². The van der Waals surface area contributed by atoms with Crippen molar-refractivity contribution in [1.29, 1.82) is 0 Å². The number of likely N-dealkylation sites (tertiary alicyclic amines) is 1. The van der Waals surface area contributed by atoms with Crippen molar-refractivity contribution in [2.24, 2.45) is 11.8 Å². The number of aromatic nitrogens is 1. The Labute approximate surface area is 140 Å². The Balaban J connectivity index is 1.31. The molecule has 0 aromatic carbocycles. The molecule has 126 valence electrons. The van der Waals surface area contributed by atoms with Crippen LogP contribution in [0.4, 0.5) is 5.69 Å². The number of furan rings is 1. The van der Waals surface area contributed by atoms with E-state index in [-0.39, 0.29) is 17.9 Å². The van der Waals surface area contributed by atoms with Crippen LogP contribution >= 0.6 is 0 Å². The topological polar surface area (TPSA) is 67.6 Å². The number of amides is 1. The normalized spacial score (nSPS) is 26.4. The number of carbonyl (C=O) groups is 1. The first kappa shape index (κ1) is 15.4. The van der Waals surface area contributed by atoms with E-state index in [9.17, 15) is 4.79 Å². The van der Waals surface area contributed by atoms with Crippen LogP contribution in [0.1, 0.15) is 12.2 Å². The van der Waals surface area contributed by atoms with Gasteiger partial charge in [0.15, 0.2) is 0 Å². The van der Waals surface area contributed by atoms with Gasteiger partial charge in [-0.3, -0.25) is 14.7 Å². The number of fused-ring (bicyclic) bond motifs is 1. The molecule has 2 aliphatic heterocycles. The first-order valence-electron chi connectivity index (χ1n) is 8.34. The first-order chi connectivity index (χ1) is 11.8. The van der Waals surface area contributed by atoms with Crippen LogP contribution in [0.15, 0.2) is 47.3 Å². The summed E-state index contributed by atoms with van der Waals surface area (Å²) in [5, 5.41) is 2.91. The molecule has 0 aliphatic carbocycles. The van der Waals surface area contributed by atoms with Crippen LogP contribution in [0.25, 0.3) is 0 Å². The number of rotatable bonds is 5. The largest absolute Gasteiger partial charge is 0.468 e. The minimum absolute atomic E-state index is 0.0294. The fourth-order valence-electron chi connectivity index (χ4n) is 3.73. The Morgan fingerprint density at radius 1 is 1.33 bits per heavy atom. The Hall–Kier alpha value is -2.18. The monoisotopic (exact) mass is 327 g/mol. The van der Waals surface area contributed by atoms with Gasteiger partial charge in [-0.2, -0.15) is 0 Å². The maximum Gasteiger partial charge on any atom is 0.224 e. The summed E-state index contributed by atoms with van der Waals surface area (Å²) in [5.74, 6) is 1.69. The van der Waals surface area contributed by atoms with Crippen LogP contribution in [-0.2, 0) is 16.1 Å². The van der Waals surface area contributed by atoms with Crippen LogP contribution in [0.5, 0.6) is 0 Å². The molecule has 0 bridgehead atoms. The fourth-order valence-corrected chi connectivity index (χ4v) is 3.73. The van der Waals surface area contributed by atoms with E-state index in [1.54, 1.807) is 18.7 Å². The van der Waals surface area contributed by atoms with Crippen molar-refractivity contribution < 1.29 is 13.9 Å². The molecule has 4 heterocycles. The minimum Gasteiger partial charge on any atom is -0.468 e. The van der Waals surface area contributed by atoms with E-state index >= 15 is 0 Å². The number of ether oxygens (including phenoxy) is 1. The Morgan fingerprint density at radius 2 is 2.29 bits per heavy atom. The molecule has 24 heavy (non-hydrogen) atoms. The van der Waals surface area contributed by atoms with Crippen molar-refractivity contribution in [3.8, 4) is 0 Å². The second-order valence-electron chi connectivity index (χ2n) is 6.56. The Morgan fingerprint density at radius 3 is 3.08 bits per heavy atom. The van der Waals surface area contributed by atoms with Gasteiger partial charge in [0, 0.05) is 31.6 Å². The van der Waals surface area contributed by atoms with Crippen molar-refractivity contribution in [3.05, 3.63) is 48.7 Å². The third kappa shape index (κ3) is 3.34. The molecule has 2 aromatic heterocycles. The molecule has 2 aromatic rings.